The van der Waals surface area contributed by atoms with Gasteiger partial charge in [0.25, 0.3) is 0 Å². The number of nitrogens with one attached hydrogen (secondary N) is 1. The number of rotatable bonds is 4. The van der Waals surface area contributed by atoms with Crippen molar-refractivity contribution >= 4 is 67.0 Å². The fourth-order valence-electron chi connectivity index (χ4n) is 3.17. The molecule has 0 atom stereocenters. The normalized spacial score (nSPS) is 11.5. The summed E-state index contributed by atoms with van der Waals surface area (Å²) in [4.78, 5) is 22.0. The first-order valence-corrected chi connectivity index (χ1v) is 10.6. The van der Waals surface area contributed by atoms with E-state index in [2.05, 4.69) is 26.4 Å². The van der Waals surface area contributed by atoms with Crippen molar-refractivity contribution < 1.29 is 9.32 Å². The number of nitrogens with zero attached hydrogens (tertiary/aromatic N) is 4. The number of hydrogen-bond acceptors (Lipinski definition) is 6. The van der Waals surface area contributed by atoms with E-state index in [0.29, 0.717) is 16.7 Å². The Hall–Kier alpha value is -2.91. The first-order valence-electron chi connectivity index (χ1n) is 8.81. The number of anilines is 1. The fourth-order valence-corrected chi connectivity index (χ4v) is 4.34. The van der Waals surface area contributed by atoms with Crippen LogP contribution in [0.15, 0.2) is 62.7 Å². The smallest absolute Gasteiger partial charge is 0.236 e. The van der Waals surface area contributed by atoms with Crippen LogP contribution in [0, 0.1) is 6.92 Å². The maximum absolute atomic E-state index is 12.4. The van der Waals surface area contributed by atoms with Crippen LogP contribution in [0.5, 0.6) is 0 Å². The third kappa shape index (κ3) is 3.36. The van der Waals surface area contributed by atoms with Gasteiger partial charge in [-0.25, -0.2) is 9.97 Å². The van der Waals surface area contributed by atoms with Crippen LogP contribution in [0.4, 0.5) is 5.82 Å². The van der Waals surface area contributed by atoms with Crippen molar-refractivity contribution in [3.63, 3.8) is 0 Å². The number of benzene rings is 2. The number of aryl methyl sites for hydroxylation is 1. The Morgan fingerprint density at radius 3 is 2.86 bits per heavy atom. The van der Waals surface area contributed by atoms with E-state index in [1.165, 1.54) is 11.8 Å². The summed E-state index contributed by atoms with van der Waals surface area (Å²) in [7, 11) is 0. The predicted octanol–water partition coefficient (Wildman–Crippen LogP) is 4.83. The van der Waals surface area contributed by atoms with E-state index in [1.807, 2.05) is 46.9 Å². The van der Waals surface area contributed by atoms with Crippen LogP contribution in [-0.4, -0.2) is 31.2 Å². The van der Waals surface area contributed by atoms with E-state index >= 15 is 0 Å². The van der Waals surface area contributed by atoms with Gasteiger partial charge in [0.05, 0.1) is 22.3 Å². The van der Waals surface area contributed by atoms with Gasteiger partial charge < -0.3 is 9.84 Å². The quantitative estimate of drug-likeness (QED) is 0.301. The van der Waals surface area contributed by atoms with Crippen molar-refractivity contribution in [1.82, 2.24) is 19.5 Å². The molecule has 2 aromatic carbocycles. The van der Waals surface area contributed by atoms with Crippen LogP contribution < -0.4 is 5.32 Å². The third-order valence-electron chi connectivity index (χ3n) is 4.40. The maximum Gasteiger partial charge on any atom is 0.236 e. The Morgan fingerprint density at radius 2 is 2.03 bits per heavy atom. The highest BCUT2D eigenvalue weighted by atomic mass is 79.9. The number of hydrogen-bond donors (Lipinski definition) is 1. The molecule has 0 fully saturated rings. The molecule has 0 saturated heterocycles. The largest absolute Gasteiger partial charge is 0.360 e. The van der Waals surface area contributed by atoms with E-state index in [4.69, 9.17) is 14.5 Å². The molecule has 0 unspecified atom stereocenters. The van der Waals surface area contributed by atoms with Crippen molar-refractivity contribution in [1.29, 1.82) is 0 Å². The Bertz CT molecular complexity index is 1390. The molecule has 0 saturated carbocycles. The number of halogens is 1. The summed E-state index contributed by atoms with van der Waals surface area (Å²) in [5.74, 6) is 1.05. The van der Waals surface area contributed by atoms with Crippen molar-refractivity contribution in [2.45, 2.75) is 12.1 Å². The minimum Gasteiger partial charge on any atom is -0.360 e. The molecular formula is C20H14BrN5O2S. The topological polar surface area (TPSA) is 85.3 Å². The van der Waals surface area contributed by atoms with Gasteiger partial charge in [0.15, 0.2) is 11.0 Å². The molecule has 0 aliphatic carbocycles. The van der Waals surface area contributed by atoms with Crippen LogP contribution in [-0.2, 0) is 4.79 Å². The van der Waals surface area contributed by atoms with Crippen LogP contribution in [0.1, 0.15) is 5.76 Å². The Kier molecular flexibility index (Phi) is 4.48. The highest BCUT2D eigenvalue weighted by Gasteiger charge is 2.16. The Labute approximate surface area is 177 Å². The van der Waals surface area contributed by atoms with Gasteiger partial charge in [-0.3, -0.25) is 9.20 Å². The van der Waals surface area contributed by atoms with E-state index in [9.17, 15) is 4.79 Å². The first-order chi connectivity index (χ1) is 14.1. The molecule has 5 aromatic rings. The first kappa shape index (κ1) is 18.1. The molecule has 144 valence electrons. The number of para-hydroxylation sites is 2. The van der Waals surface area contributed by atoms with E-state index < -0.39 is 0 Å². The average molecular weight is 468 g/mol. The Balaban J connectivity index is 1.56. The molecule has 7 nitrogen and oxygen atoms in total. The molecule has 0 spiro atoms. The number of fused-ring (bicyclic) bond motifs is 5. The van der Waals surface area contributed by atoms with Gasteiger partial charge in [0.2, 0.25) is 5.91 Å². The van der Waals surface area contributed by atoms with Gasteiger partial charge >= 0.3 is 0 Å². The molecule has 3 heterocycles. The SMILES string of the molecule is Cc1cc(NC(=O)CSc2nc3ccc(Br)cc3c3nc4ccccc4n23)no1. The highest BCUT2D eigenvalue weighted by Crippen LogP contribution is 2.30. The Morgan fingerprint density at radius 1 is 1.17 bits per heavy atom. The molecule has 5 rings (SSSR count). The molecule has 0 radical (unpaired) electrons. The minimum absolute atomic E-state index is 0.182. The van der Waals surface area contributed by atoms with Gasteiger partial charge in [-0.05, 0) is 37.3 Å². The molecule has 29 heavy (non-hydrogen) atoms. The van der Waals surface area contributed by atoms with E-state index in [1.54, 1.807) is 13.0 Å². The van der Waals surface area contributed by atoms with Crippen LogP contribution >= 0.6 is 27.7 Å². The van der Waals surface area contributed by atoms with E-state index in [0.717, 1.165) is 32.1 Å². The van der Waals surface area contributed by atoms with Crippen LogP contribution in [0.25, 0.3) is 27.6 Å². The zero-order valence-corrected chi connectivity index (χ0v) is 17.6. The minimum atomic E-state index is -0.182. The van der Waals surface area contributed by atoms with Gasteiger partial charge in [-0.15, -0.1) is 0 Å². The summed E-state index contributed by atoms with van der Waals surface area (Å²) < 4.78 is 7.95. The lowest BCUT2D eigenvalue weighted by molar-refractivity contribution is -0.113. The van der Waals surface area contributed by atoms with Gasteiger partial charge in [-0.2, -0.15) is 0 Å². The summed E-state index contributed by atoms with van der Waals surface area (Å²) in [6.07, 6.45) is 0. The number of carbonyl (C=O) groups is 1. The molecule has 1 amide bonds. The number of thioether (sulfide) groups is 1. The second-order valence-electron chi connectivity index (χ2n) is 6.48. The monoisotopic (exact) mass is 467 g/mol. The number of amides is 1. The second-order valence-corrected chi connectivity index (χ2v) is 8.33. The lowest BCUT2D eigenvalue weighted by Gasteiger charge is -2.08. The lowest BCUT2D eigenvalue weighted by Crippen LogP contribution is -2.14. The van der Waals surface area contributed by atoms with Crippen molar-refractivity contribution in [2.24, 2.45) is 0 Å². The summed E-state index contributed by atoms with van der Waals surface area (Å²) in [6.45, 7) is 1.77. The molecular weight excluding hydrogens is 454 g/mol. The van der Waals surface area contributed by atoms with Crippen LogP contribution in [0.2, 0.25) is 0 Å². The molecule has 3 aromatic heterocycles. The number of carbonyl (C=O) groups excluding carboxylic acids is 1. The van der Waals surface area contributed by atoms with Crippen molar-refractivity contribution in [2.75, 3.05) is 11.1 Å². The summed E-state index contributed by atoms with van der Waals surface area (Å²) >= 11 is 4.88. The summed E-state index contributed by atoms with van der Waals surface area (Å²) in [5.41, 5.74) is 3.47. The highest BCUT2D eigenvalue weighted by molar-refractivity contribution is 9.10. The molecule has 1 N–H and O–H groups in total. The predicted molar refractivity (Wildman–Crippen MR) is 116 cm³/mol. The zero-order valence-electron chi connectivity index (χ0n) is 15.2. The van der Waals surface area contributed by atoms with Gasteiger partial charge in [-0.1, -0.05) is 45.0 Å². The molecule has 0 bridgehead atoms. The van der Waals surface area contributed by atoms with E-state index in [-0.39, 0.29) is 11.7 Å². The molecule has 9 heteroatoms. The standard InChI is InChI=1S/C20H14BrN5O2S/c1-11-8-17(25-28-11)24-18(27)10-29-20-23-14-7-6-12(21)9-13(14)19-22-15-4-2-3-5-16(15)26(19)20/h2-9H,10H2,1H3,(H,24,25,27). The fraction of sp³-hybridized carbons (Fsp3) is 0.100. The second kappa shape index (κ2) is 7.16. The number of imidazole rings is 1. The van der Waals surface area contributed by atoms with Crippen LogP contribution in [0.3, 0.4) is 0 Å². The van der Waals surface area contributed by atoms with Gasteiger partial charge in [0, 0.05) is 15.9 Å². The summed E-state index contributed by atoms with van der Waals surface area (Å²) in [6, 6.07) is 15.5. The maximum atomic E-state index is 12.4. The van der Waals surface area contributed by atoms with Crippen molar-refractivity contribution in [3.05, 3.63) is 58.8 Å². The number of aromatic nitrogens is 4. The third-order valence-corrected chi connectivity index (χ3v) is 5.83. The lowest BCUT2D eigenvalue weighted by atomic mass is 10.2. The average Bonchev–Trinajstić information content (AvgIpc) is 3.30. The van der Waals surface area contributed by atoms with Crippen molar-refractivity contribution in [3.8, 4) is 0 Å². The molecule has 0 aliphatic heterocycles. The zero-order chi connectivity index (χ0) is 20.0. The molecule has 0 aliphatic rings. The summed E-state index contributed by atoms with van der Waals surface area (Å²) in [5, 5.41) is 8.17. The van der Waals surface area contributed by atoms with Gasteiger partial charge in [0.1, 0.15) is 11.4 Å².